The average molecular weight is 235 g/mol. The molecule has 0 bridgehead atoms. The van der Waals surface area contributed by atoms with Crippen LogP contribution in [0.25, 0.3) is 10.9 Å². The summed E-state index contributed by atoms with van der Waals surface area (Å²) in [7, 11) is 1.61. The molecule has 2 rings (SSSR count). The van der Waals surface area contributed by atoms with Gasteiger partial charge >= 0.3 is 0 Å². The first-order valence-corrected chi connectivity index (χ1v) is 5.51. The number of fused-ring (bicyclic) bond motifs is 1. The molecule has 92 valence electrons. The molecule has 0 fully saturated rings. The summed E-state index contributed by atoms with van der Waals surface area (Å²) in [5.74, 6) is 0. The molecule has 0 saturated heterocycles. The number of rotatable bonds is 5. The Kier molecular flexibility index (Phi) is 3.61. The maximum absolute atomic E-state index is 5.76. The van der Waals surface area contributed by atoms with Gasteiger partial charge in [-0.1, -0.05) is 0 Å². The van der Waals surface area contributed by atoms with Gasteiger partial charge in [0, 0.05) is 18.2 Å². The first-order valence-electron chi connectivity index (χ1n) is 5.51. The van der Waals surface area contributed by atoms with Crippen LogP contribution in [-0.2, 0) is 16.0 Å². The summed E-state index contributed by atoms with van der Waals surface area (Å²) in [5, 5.41) is 5.56. The third-order valence-corrected chi connectivity index (χ3v) is 2.61. The van der Waals surface area contributed by atoms with Gasteiger partial charge in [-0.25, -0.2) is 0 Å². The van der Waals surface area contributed by atoms with Gasteiger partial charge in [-0.2, -0.15) is 5.10 Å². The van der Waals surface area contributed by atoms with Gasteiger partial charge in [0.15, 0.2) is 0 Å². The fourth-order valence-corrected chi connectivity index (χ4v) is 1.82. The molecule has 1 heterocycles. The zero-order chi connectivity index (χ0) is 12.3. The highest BCUT2D eigenvalue weighted by Crippen LogP contribution is 2.20. The van der Waals surface area contributed by atoms with Crippen LogP contribution in [-0.4, -0.2) is 30.3 Å². The highest BCUT2D eigenvalue weighted by atomic mass is 16.7. The lowest BCUT2D eigenvalue weighted by Crippen LogP contribution is -2.08. The van der Waals surface area contributed by atoms with E-state index in [1.165, 1.54) is 0 Å². The van der Waals surface area contributed by atoms with Crippen molar-refractivity contribution < 1.29 is 9.47 Å². The van der Waals surface area contributed by atoms with Crippen LogP contribution in [0.5, 0.6) is 0 Å². The lowest BCUT2D eigenvalue weighted by atomic mass is 10.2. The Bertz CT molecular complexity index is 508. The number of anilines is 1. The van der Waals surface area contributed by atoms with Crippen molar-refractivity contribution in [2.45, 2.75) is 13.5 Å². The monoisotopic (exact) mass is 235 g/mol. The predicted octanol–water partition coefficient (Wildman–Crippen LogP) is 1.55. The largest absolute Gasteiger partial charge is 0.399 e. The number of aromatic nitrogens is 2. The van der Waals surface area contributed by atoms with Crippen molar-refractivity contribution in [2.24, 2.45) is 0 Å². The van der Waals surface area contributed by atoms with E-state index in [4.69, 9.17) is 15.2 Å². The van der Waals surface area contributed by atoms with Crippen molar-refractivity contribution in [3.8, 4) is 0 Å². The molecule has 5 heteroatoms. The third kappa shape index (κ3) is 2.57. The van der Waals surface area contributed by atoms with E-state index >= 15 is 0 Å². The fourth-order valence-electron chi connectivity index (χ4n) is 1.82. The minimum Gasteiger partial charge on any atom is -0.399 e. The normalized spacial score (nSPS) is 11.2. The van der Waals surface area contributed by atoms with Gasteiger partial charge in [0.2, 0.25) is 0 Å². The van der Waals surface area contributed by atoms with E-state index in [1.807, 2.05) is 29.8 Å². The quantitative estimate of drug-likeness (QED) is 0.485. The molecule has 0 aliphatic carbocycles. The fraction of sp³-hybridized carbons (Fsp3) is 0.417. The molecule has 2 aromatic rings. The number of nitrogen functional groups attached to an aromatic ring is 1. The Hall–Kier alpha value is -1.59. The Balaban J connectivity index is 2.17. The van der Waals surface area contributed by atoms with Crippen molar-refractivity contribution in [1.29, 1.82) is 0 Å². The molecule has 17 heavy (non-hydrogen) atoms. The number of methoxy groups -OCH3 is 1. The maximum Gasteiger partial charge on any atom is 0.146 e. The summed E-state index contributed by atoms with van der Waals surface area (Å²) in [4.78, 5) is 0. The number of aryl methyl sites for hydroxylation is 1. The molecular formula is C12H17N3O2. The number of benzene rings is 1. The minimum absolute atomic E-state index is 0.311. The summed E-state index contributed by atoms with van der Waals surface area (Å²) in [6, 6.07) is 5.82. The van der Waals surface area contributed by atoms with E-state index < -0.39 is 0 Å². The summed E-state index contributed by atoms with van der Waals surface area (Å²) in [6.07, 6.45) is 0. The molecule has 0 aliphatic heterocycles. The number of hydrogen-bond acceptors (Lipinski definition) is 4. The lowest BCUT2D eigenvalue weighted by molar-refractivity contribution is -0.0333. The van der Waals surface area contributed by atoms with Gasteiger partial charge in [-0.05, 0) is 25.1 Å². The first kappa shape index (κ1) is 11.9. The standard InChI is InChI=1S/C12H17N3O2/c1-9-11-7-10(13)3-4-12(11)15(14-9)5-6-17-8-16-2/h3-4,7H,5-6,8,13H2,1-2H3. The van der Waals surface area contributed by atoms with Crippen LogP contribution in [0.3, 0.4) is 0 Å². The Morgan fingerprint density at radius 2 is 2.24 bits per heavy atom. The van der Waals surface area contributed by atoms with Crippen molar-refractivity contribution in [1.82, 2.24) is 9.78 Å². The van der Waals surface area contributed by atoms with Crippen LogP contribution in [0.1, 0.15) is 5.69 Å². The number of nitrogens with two attached hydrogens (primary N) is 1. The van der Waals surface area contributed by atoms with E-state index in [-0.39, 0.29) is 0 Å². The van der Waals surface area contributed by atoms with Crippen LogP contribution >= 0.6 is 0 Å². The second-order valence-corrected chi connectivity index (χ2v) is 3.90. The lowest BCUT2D eigenvalue weighted by Gasteiger charge is -2.04. The minimum atomic E-state index is 0.311. The second-order valence-electron chi connectivity index (χ2n) is 3.90. The molecule has 1 aromatic heterocycles. The topological polar surface area (TPSA) is 62.3 Å². The smallest absolute Gasteiger partial charge is 0.146 e. The van der Waals surface area contributed by atoms with Crippen molar-refractivity contribution in [3.63, 3.8) is 0 Å². The molecule has 0 aliphatic rings. The van der Waals surface area contributed by atoms with Crippen LogP contribution in [0, 0.1) is 6.92 Å². The molecule has 1 aromatic carbocycles. The van der Waals surface area contributed by atoms with Crippen LogP contribution in [0.4, 0.5) is 5.69 Å². The summed E-state index contributed by atoms with van der Waals surface area (Å²) < 4.78 is 12.0. The Morgan fingerprint density at radius 1 is 1.41 bits per heavy atom. The molecule has 0 saturated carbocycles. The van der Waals surface area contributed by atoms with E-state index in [1.54, 1.807) is 7.11 Å². The van der Waals surface area contributed by atoms with Crippen LogP contribution in [0.15, 0.2) is 18.2 Å². The summed E-state index contributed by atoms with van der Waals surface area (Å²) in [6.45, 7) is 3.57. The predicted molar refractivity (Wildman–Crippen MR) is 66.7 cm³/mol. The molecule has 0 unspecified atom stereocenters. The Morgan fingerprint density at radius 3 is 3.00 bits per heavy atom. The highest BCUT2D eigenvalue weighted by Gasteiger charge is 2.06. The Labute approximate surface area is 100 Å². The molecule has 0 spiro atoms. The van der Waals surface area contributed by atoms with Gasteiger partial charge in [-0.3, -0.25) is 4.68 Å². The van der Waals surface area contributed by atoms with Crippen molar-refractivity contribution in [3.05, 3.63) is 23.9 Å². The summed E-state index contributed by atoms with van der Waals surface area (Å²) >= 11 is 0. The van der Waals surface area contributed by atoms with Gasteiger partial charge < -0.3 is 15.2 Å². The zero-order valence-electron chi connectivity index (χ0n) is 10.1. The molecule has 2 N–H and O–H groups in total. The maximum atomic E-state index is 5.76. The van der Waals surface area contributed by atoms with Gasteiger partial charge in [0.1, 0.15) is 6.79 Å². The van der Waals surface area contributed by atoms with Crippen molar-refractivity contribution >= 4 is 16.6 Å². The average Bonchev–Trinajstić information content (AvgIpc) is 2.62. The molecular weight excluding hydrogens is 218 g/mol. The SMILES string of the molecule is COCOCCn1nc(C)c2cc(N)ccc21. The van der Waals surface area contributed by atoms with E-state index in [9.17, 15) is 0 Å². The highest BCUT2D eigenvalue weighted by molar-refractivity contribution is 5.84. The van der Waals surface area contributed by atoms with E-state index in [0.29, 0.717) is 19.9 Å². The third-order valence-electron chi connectivity index (χ3n) is 2.61. The summed E-state index contributed by atoms with van der Waals surface area (Å²) in [5.41, 5.74) is 8.59. The van der Waals surface area contributed by atoms with Crippen LogP contribution in [0.2, 0.25) is 0 Å². The van der Waals surface area contributed by atoms with Gasteiger partial charge in [-0.15, -0.1) is 0 Å². The molecule has 0 radical (unpaired) electrons. The number of hydrogen-bond donors (Lipinski definition) is 1. The van der Waals surface area contributed by atoms with Gasteiger partial charge in [0.25, 0.3) is 0 Å². The van der Waals surface area contributed by atoms with E-state index in [0.717, 1.165) is 22.3 Å². The van der Waals surface area contributed by atoms with Gasteiger partial charge in [0.05, 0.1) is 24.4 Å². The second kappa shape index (κ2) is 5.16. The van der Waals surface area contributed by atoms with E-state index in [2.05, 4.69) is 5.10 Å². The van der Waals surface area contributed by atoms with Crippen molar-refractivity contribution in [2.75, 3.05) is 26.2 Å². The van der Waals surface area contributed by atoms with Crippen LogP contribution < -0.4 is 5.73 Å². The number of ether oxygens (including phenoxy) is 2. The molecule has 0 atom stereocenters. The first-order chi connectivity index (χ1) is 8.22. The number of nitrogens with zero attached hydrogens (tertiary/aromatic N) is 2. The molecule has 5 nitrogen and oxygen atoms in total. The zero-order valence-corrected chi connectivity index (χ0v) is 10.1. The molecule has 0 amide bonds.